The molecule has 0 atom stereocenters. The molecule has 4 nitrogen and oxygen atoms in total. The van der Waals surface area contributed by atoms with E-state index in [2.05, 4.69) is 127 Å². The average molecular weight is 543 g/mol. The first-order valence-corrected chi connectivity index (χ1v) is 14.2. The molecule has 0 saturated carbocycles. The van der Waals surface area contributed by atoms with Gasteiger partial charge < -0.3 is 9.97 Å². The van der Waals surface area contributed by atoms with E-state index < -0.39 is 0 Å². The van der Waals surface area contributed by atoms with E-state index in [0.717, 1.165) is 50.4 Å². The molecule has 8 rings (SSSR count). The molecule has 0 fully saturated rings. The molecular formula is C38H30N4. The van der Waals surface area contributed by atoms with Crippen molar-refractivity contribution in [2.75, 3.05) is 0 Å². The van der Waals surface area contributed by atoms with E-state index in [-0.39, 0.29) is 0 Å². The zero-order valence-corrected chi connectivity index (χ0v) is 23.6. The van der Waals surface area contributed by atoms with Gasteiger partial charge in [-0.2, -0.15) is 0 Å². The van der Waals surface area contributed by atoms with Crippen LogP contribution in [0.15, 0.2) is 109 Å². The monoisotopic (exact) mass is 542 g/mol. The van der Waals surface area contributed by atoms with Gasteiger partial charge in [0.1, 0.15) is 0 Å². The third-order valence-corrected chi connectivity index (χ3v) is 7.67. The summed E-state index contributed by atoms with van der Waals surface area (Å²) in [6.45, 7) is 4.24. The number of fused-ring (bicyclic) bond motifs is 9. The highest BCUT2D eigenvalue weighted by Crippen LogP contribution is 2.33. The highest BCUT2D eigenvalue weighted by Gasteiger charge is 2.09. The van der Waals surface area contributed by atoms with E-state index in [4.69, 9.17) is 9.97 Å². The van der Waals surface area contributed by atoms with Gasteiger partial charge in [0.2, 0.25) is 0 Å². The first-order chi connectivity index (χ1) is 20.6. The van der Waals surface area contributed by atoms with Crippen LogP contribution in [0.1, 0.15) is 33.9 Å². The van der Waals surface area contributed by atoms with E-state index in [9.17, 15) is 0 Å². The lowest BCUT2D eigenvalue weighted by atomic mass is 9.99. The quantitative estimate of drug-likeness (QED) is 0.217. The third kappa shape index (κ3) is 5.30. The highest BCUT2D eigenvalue weighted by atomic mass is 14.8. The van der Waals surface area contributed by atoms with Crippen LogP contribution in [0.2, 0.25) is 0 Å². The summed E-state index contributed by atoms with van der Waals surface area (Å²) in [6.07, 6.45) is 8.13. The molecule has 8 bridgehead atoms. The summed E-state index contributed by atoms with van der Waals surface area (Å²) in [5.41, 5.74) is 12.8. The molecule has 6 aromatic rings. The number of aromatic amines is 2. The lowest BCUT2D eigenvalue weighted by Crippen LogP contribution is -1.80. The smallest absolute Gasteiger partial charge is 0.0659 e. The molecule has 2 aliphatic rings. The van der Waals surface area contributed by atoms with E-state index >= 15 is 0 Å². The summed E-state index contributed by atoms with van der Waals surface area (Å²) in [4.78, 5) is 16.6. The van der Waals surface area contributed by atoms with Crippen molar-refractivity contribution >= 4 is 57.1 Å². The molecule has 4 heteroatoms. The van der Waals surface area contributed by atoms with Crippen LogP contribution in [-0.4, -0.2) is 19.9 Å². The Kier molecular flexibility index (Phi) is 6.57. The van der Waals surface area contributed by atoms with Gasteiger partial charge >= 0.3 is 0 Å². The van der Waals surface area contributed by atoms with Crippen molar-refractivity contribution in [3.05, 3.63) is 143 Å². The summed E-state index contributed by atoms with van der Waals surface area (Å²) in [5, 5.41) is 2.46. The van der Waals surface area contributed by atoms with Gasteiger partial charge in [0.25, 0.3) is 0 Å². The number of aromatic nitrogens is 4. The number of rotatable bonds is 1. The van der Waals surface area contributed by atoms with Gasteiger partial charge in [-0.1, -0.05) is 66.7 Å². The van der Waals surface area contributed by atoms with Gasteiger partial charge in [0, 0.05) is 27.6 Å². The van der Waals surface area contributed by atoms with E-state index in [0.29, 0.717) is 0 Å². The zero-order valence-electron chi connectivity index (χ0n) is 23.6. The van der Waals surface area contributed by atoms with Crippen molar-refractivity contribution < 1.29 is 0 Å². The summed E-state index contributed by atoms with van der Waals surface area (Å²) < 4.78 is 0. The molecule has 0 spiro atoms. The Morgan fingerprint density at radius 2 is 1.05 bits per heavy atom. The molecule has 2 aliphatic heterocycles. The molecule has 0 radical (unpaired) electrons. The number of aryl methyl sites for hydroxylation is 2. The molecule has 0 aliphatic carbocycles. The van der Waals surface area contributed by atoms with Crippen molar-refractivity contribution in [1.29, 1.82) is 0 Å². The van der Waals surface area contributed by atoms with Gasteiger partial charge in [0.05, 0.1) is 22.8 Å². The maximum atomic E-state index is 4.82. The van der Waals surface area contributed by atoms with Crippen molar-refractivity contribution in [2.24, 2.45) is 0 Å². The van der Waals surface area contributed by atoms with Crippen molar-refractivity contribution in [1.82, 2.24) is 19.9 Å². The summed E-state index contributed by atoms with van der Waals surface area (Å²) in [6, 6.07) is 38.0. The van der Waals surface area contributed by atoms with Crippen LogP contribution in [0.25, 0.3) is 68.3 Å². The lowest BCUT2D eigenvalue weighted by molar-refractivity contribution is 1.28. The first kappa shape index (κ1) is 25.5. The Hall–Kier alpha value is -5.48. The second kappa shape index (κ2) is 10.8. The molecule has 2 N–H and O–H groups in total. The number of nitrogens with one attached hydrogen (secondary N) is 2. The maximum absolute atomic E-state index is 4.82. The number of hydrogen-bond donors (Lipinski definition) is 2. The summed E-state index contributed by atoms with van der Waals surface area (Å²) in [7, 11) is 0. The van der Waals surface area contributed by atoms with Crippen LogP contribution < -0.4 is 0 Å². The topological polar surface area (TPSA) is 57.4 Å². The fourth-order valence-corrected chi connectivity index (χ4v) is 5.36. The van der Waals surface area contributed by atoms with Crippen LogP contribution in [-0.2, 0) is 0 Å². The minimum absolute atomic E-state index is 0.898. The molecule has 202 valence electrons. The fraction of sp³-hybridized carbons (Fsp3) is 0.0526. The predicted molar refractivity (Wildman–Crippen MR) is 178 cm³/mol. The van der Waals surface area contributed by atoms with Gasteiger partial charge in [0.15, 0.2) is 0 Å². The van der Waals surface area contributed by atoms with Crippen molar-refractivity contribution in [2.45, 2.75) is 13.8 Å². The summed E-state index contributed by atoms with van der Waals surface area (Å²) in [5.74, 6) is 0. The molecule has 5 heterocycles. The number of benzene rings is 3. The molecular weight excluding hydrogens is 512 g/mol. The normalized spacial score (nSPS) is 11.9. The Balaban J connectivity index is 0.000000314. The second-order valence-electron chi connectivity index (χ2n) is 10.7. The molecule has 0 amide bonds. The Labute approximate surface area is 244 Å². The minimum Gasteiger partial charge on any atom is -0.355 e. The predicted octanol–water partition coefficient (Wildman–Crippen LogP) is 9.78. The average Bonchev–Trinajstić information content (AvgIpc) is 3.81. The molecule has 42 heavy (non-hydrogen) atoms. The largest absolute Gasteiger partial charge is 0.355 e. The van der Waals surface area contributed by atoms with Gasteiger partial charge in [-0.05, 0) is 108 Å². The first-order valence-electron chi connectivity index (χ1n) is 14.2. The molecule has 0 saturated heterocycles. The Morgan fingerprint density at radius 3 is 1.76 bits per heavy atom. The van der Waals surface area contributed by atoms with Crippen LogP contribution in [0, 0.1) is 13.8 Å². The number of nitrogens with zero attached hydrogens (tertiary/aromatic N) is 2. The number of hydrogen-bond acceptors (Lipinski definition) is 2. The summed E-state index contributed by atoms with van der Waals surface area (Å²) >= 11 is 0. The highest BCUT2D eigenvalue weighted by molar-refractivity contribution is 6.02. The minimum atomic E-state index is 0.898. The van der Waals surface area contributed by atoms with Gasteiger partial charge in [-0.15, -0.1) is 0 Å². The van der Waals surface area contributed by atoms with Crippen LogP contribution >= 0.6 is 0 Å². The number of H-pyrrole nitrogens is 2. The van der Waals surface area contributed by atoms with Crippen LogP contribution in [0.5, 0.6) is 0 Å². The van der Waals surface area contributed by atoms with Crippen LogP contribution in [0.3, 0.4) is 0 Å². The molecule has 3 aromatic carbocycles. The van der Waals surface area contributed by atoms with Crippen molar-refractivity contribution in [3.63, 3.8) is 0 Å². The van der Waals surface area contributed by atoms with E-state index in [1.807, 2.05) is 30.4 Å². The van der Waals surface area contributed by atoms with E-state index in [1.54, 1.807) is 0 Å². The lowest BCUT2D eigenvalue weighted by Gasteiger charge is -2.05. The zero-order chi connectivity index (χ0) is 28.5. The molecule has 3 aromatic heterocycles. The fourth-order valence-electron chi connectivity index (χ4n) is 5.36. The standard InChI is InChI=1S/C30H20N4.C8H10/c1-2-6-27-19(4-1)5-3-7-28(27)29-17-26-16-24-11-10-22(32-24)14-20-8-9-21(31-20)15-23-12-13-25(33-23)18-30(29)34-26;1-7-5-3-4-6-8(7)2/h1-18,32,34H;3-6H,1-2H3. The Bertz CT molecular complexity index is 2150. The van der Waals surface area contributed by atoms with E-state index in [1.165, 1.54) is 27.5 Å². The second-order valence-corrected chi connectivity index (χ2v) is 10.7. The SMILES string of the molecule is C1=Cc2cc3ccc(cc4cc(-c5cccc6ccccc56)c(cc5nc(cc1n2)C=C5)[nH]4)[nH]3.Cc1ccccc1C. The van der Waals surface area contributed by atoms with Gasteiger partial charge in [-0.25, -0.2) is 9.97 Å². The third-order valence-electron chi connectivity index (χ3n) is 7.67. The van der Waals surface area contributed by atoms with Crippen molar-refractivity contribution in [3.8, 4) is 11.1 Å². The van der Waals surface area contributed by atoms with Gasteiger partial charge in [-0.3, -0.25) is 0 Å². The van der Waals surface area contributed by atoms with Crippen LogP contribution in [0.4, 0.5) is 0 Å². The molecule has 0 unspecified atom stereocenters. The maximum Gasteiger partial charge on any atom is 0.0659 e. The Morgan fingerprint density at radius 1 is 0.452 bits per heavy atom.